The zero-order valence-corrected chi connectivity index (χ0v) is 13.3. The minimum atomic E-state index is -2.92. The Labute approximate surface area is 125 Å². The number of rotatable bonds is 8. The standard InChI is InChI=1S/C13H20N2O3S2/c1-15(7-9-20(2,16)17)6-8-18-12-5-3-4-11(10-12)13(14)19/h3-5,10H,6-9H2,1-2H3,(H2,14,19). The lowest BCUT2D eigenvalue weighted by atomic mass is 10.2. The van der Waals surface area contributed by atoms with Crippen LogP contribution in [0.1, 0.15) is 5.56 Å². The molecule has 1 aromatic carbocycles. The van der Waals surface area contributed by atoms with E-state index in [1.54, 1.807) is 6.07 Å². The molecule has 0 radical (unpaired) electrons. The summed E-state index contributed by atoms with van der Waals surface area (Å²) in [6, 6.07) is 7.28. The number of hydrogen-bond acceptors (Lipinski definition) is 5. The van der Waals surface area contributed by atoms with Crippen molar-refractivity contribution in [3.8, 4) is 5.75 Å². The van der Waals surface area contributed by atoms with Gasteiger partial charge in [0, 0.05) is 24.9 Å². The molecule has 0 bridgehead atoms. The zero-order valence-electron chi connectivity index (χ0n) is 11.7. The first-order valence-corrected chi connectivity index (χ1v) is 8.64. The maximum Gasteiger partial charge on any atom is 0.148 e. The first-order valence-electron chi connectivity index (χ1n) is 6.17. The number of sulfone groups is 1. The van der Waals surface area contributed by atoms with Gasteiger partial charge in [0.2, 0.25) is 0 Å². The van der Waals surface area contributed by atoms with Crippen molar-refractivity contribution in [1.29, 1.82) is 0 Å². The Morgan fingerprint density at radius 3 is 2.70 bits per heavy atom. The maximum atomic E-state index is 11.1. The average molecular weight is 316 g/mol. The maximum absolute atomic E-state index is 11.1. The van der Waals surface area contributed by atoms with Crippen LogP contribution in [-0.2, 0) is 9.84 Å². The van der Waals surface area contributed by atoms with Gasteiger partial charge in [0.05, 0.1) is 5.75 Å². The van der Waals surface area contributed by atoms with Crippen LogP contribution in [0.15, 0.2) is 24.3 Å². The monoisotopic (exact) mass is 316 g/mol. The molecule has 0 aliphatic heterocycles. The molecular weight excluding hydrogens is 296 g/mol. The van der Waals surface area contributed by atoms with Gasteiger partial charge in [0.15, 0.2) is 0 Å². The van der Waals surface area contributed by atoms with E-state index >= 15 is 0 Å². The normalized spacial score (nSPS) is 11.6. The summed E-state index contributed by atoms with van der Waals surface area (Å²) in [5.41, 5.74) is 6.32. The van der Waals surface area contributed by atoms with Gasteiger partial charge < -0.3 is 15.4 Å². The molecule has 0 atom stereocenters. The van der Waals surface area contributed by atoms with Crippen LogP contribution < -0.4 is 10.5 Å². The third-order valence-electron chi connectivity index (χ3n) is 2.70. The summed E-state index contributed by atoms with van der Waals surface area (Å²) in [5, 5.41) is 0. The Morgan fingerprint density at radius 2 is 2.10 bits per heavy atom. The predicted octanol–water partition coefficient (Wildman–Crippen LogP) is 0.676. The largest absolute Gasteiger partial charge is 0.492 e. The van der Waals surface area contributed by atoms with Crippen molar-refractivity contribution < 1.29 is 13.2 Å². The highest BCUT2D eigenvalue weighted by atomic mass is 32.2. The minimum absolute atomic E-state index is 0.153. The molecule has 5 nitrogen and oxygen atoms in total. The number of ether oxygens (including phenoxy) is 1. The zero-order chi connectivity index (χ0) is 15.2. The molecule has 112 valence electrons. The van der Waals surface area contributed by atoms with E-state index in [1.165, 1.54) is 6.26 Å². The lowest BCUT2D eigenvalue weighted by Crippen LogP contribution is -2.29. The molecule has 0 aliphatic carbocycles. The quantitative estimate of drug-likeness (QED) is 0.711. The second-order valence-electron chi connectivity index (χ2n) is 4.67. The summed E-state index contributed by atoms with van der Waals surface area (Å²) in [6.07, 6.45) is 1.23. The summed E-state index contributed by atoms with van der Waals surface area (Å²) in [5.74, 6) is 0.854. The summed E-state index contributed by atoms with van der Waals surface area (Å²) in [7, 11) is -1.06. The van der Waals surface area contributed by atoms with Gasteiger partial charge in [-0.2, -0.15) is 0 Å². The van der Waals surface area contributed by atoms with Crippen LogP contribution in [0, 0.1) is 0 Å². The summed E-state index contributed by atoms with van der Waals surface area (Å²) >= 11 is 4.90. The average Bonchev–Trinajstić information content (AvgIpc) is 2.36. The molecule has 2 N–H and O–H groups in total. The first kappa shape index (κ1) is 16.9. The van der Waals surface area contributed by atoms with E-state index in [2.05, 4.69) is 0 Å². The molecule has 0 saturated heterocycles. The van der Waals surface area contributed by atoms with Crippen LogP contribution in [0.5, 0.6) is 5.75 Å². The molecule has 0 heterocycles. The highest BCUT2D eigenvalue weighted by Gasteiger charge is 2.06. The molecule has 0 spiro atoms. The topological polar surface area (TPSA) is 72.6 Å². The van der Waals surface area contributed by atoms with Gasteiger partial charge >= 0.3 is 0 Å². The van der Waals surface area contributed by atoms with Crippen molar-refractivity contribution in [3.05, 3.63) is 29.8 Å². The van der Waals surface area contributed by atoms with E-state index < -0.39 is 9.84 Å². The molecule has 0 aromatic heterocycles. The summed E-state index contributed by atoms with van der Waals surface area (Å²) in [6.45, 7) is 1.61. The minimum Gasteiger partial charge on any atom is -0.492 e. The van der Waals surface area contributed by atoms with Gasteiger partial charge in [0.25, 0.3) is 0 Å². The lowest BCUT2D eigenvalue weighted by Gasteiger charge is -2.16. The third-order valence-corrected chi connectivity index (χ3v) is 3.86. The van der Waals surface area contributed by atoms with Crippen molar-refractivity contribution in [2.75, 3.05) is 38.8 Å². The van der Waals surface area contributed by atoms with Gasteiger partial charge in [-0.15, -0.1) is 0 Å². The SMILES string of the molecule is CN(CCOc1cccc(C(N)=S)c1)CCS(C)(=O)=O. The first-order chi connectivity index (χ1) is 9.28. The second kappa shape index (κ2) is 7.56. The molecule has 0 unspecified atom stereocenters. The van der Waals surface area contributed by atoms with Crippen LogP contribution in [0.25, 0.3) is 0 Å². The summed E-state index contributed by atoms with van der Waals surface area (Å²) < 4.78 is 27.7. The predicted molar refractivity (Wildman–Crippen MR) is 85.0 cm³/mol. The van der Waals surface area contributed by atoms with E-state index in [9.17, 15) is 8.42 Å². The fourth-order valence-electron chi connectivity index (χ4n) is 1.49. The fraction of sp³-hybridized carbons (Fsp3) is 0.462. The Bertz CT molecular complexity index is 558. The van der Waals surface area contributed by atoms with Gasteiger partial charge in [-0.1, -0.05) is 24.4 Å². The molecule has 7 heteroatoms. The van der Waals surface area contributed by atoms with Crippen molar-refractivity contribution in [3.63, 3.8) is 0 Å². The van der Waals surface area contributed by atoms with Crippen LogP contribution in [0.4, 0.5) is 0 Å². The van der Waals surface area contributed by atoms with Crippen LogP contribution in [-0.4, -0.2) is 57.1 Å². The molecule has 0 aliphatic rings. The number of hydrogen-bond donors (Lipinski definition) is 1. The highest BCUT2D eigenvalue weighted by molar-refractivity contribution is 7.90. The van der Waals surface area contributed by atoms with Crippen LogP contribution >= 0.6 is 12.2 Å². The van der Waals surface area contributed by atoms with E-state index in [4.69, 9.17) is 22.7 Å². The molecular formula is C13H20N2O3S2. The van der Waals surface area contributed by atoms with Gasteiger partial charge in [0.1, 0.15) is 27.2 Å². The van der Waals surface area contributed by atoms with Crippen LogP contribution in [0.2, 0.25) is 0 Å². The van der Waals surface area contributed by atoms with E-state index in [0.717, 1.165) is 5.56 Å². The van der Waals surface area contributed by atoms with E-state index in [0.29, 0.717) is 30.4 Å². The summed E-state index contributed by atoms with van der Waals surface area (Å²) in [4.78, 5) is 2.25. The highest BCUT2D eigenvalue weighted by Crippen LogP contribution is 2.13. The van der Waals surface area contributed by atoms with Gasteiger partial charge in [-0.25, -0.2) is 8.42 Å². The molecule has 1 aromatic rings. The van der Waals surface area contributed by atoms with E-state index in [-0.39, 0.29) is 5.75 Å². The van der Waals surface area contributed by atoms with Crippen molar-refractivity contribution >= 4 is 27.0 Å². The number of likely N-dealkylation sites (N-methyl/N-ethyl adjacent to an activating group) is 1. The van der Waals surface area contributed by atoms with Crippen molar-refractivity contribution in [2.45, 2.75) is 0 Å². The number of nitrogens with two attached hydrogens (primary N) is 1. The Kier molecular flexibility index (Phi) is 6.38. The Balaban J connectivity index is 2.37. The van der Waals surface area contributed by atoms with Gasteiger partial charge in [-0.05, 0) is 19.2 Å². The molecule has 0 amide bonds. The Hall–Kier alpha value is -1.18. The number of thiocarbonyl (C=S) groups is 1. The smallest absolute Gasteiger partial charge is 0.148 e. The molecule has 20 heavy (non-hydrogen) atoms. The third kappa shape index (κ3) is 6.83. The van der Waals surface area contributed by atoms with Crippen molar-refractivity contribution in [2.24, 2.45) is 5.73 Å². The fourth-order valence-corrected chi connectivity index (χ4v) is 2.26. The second-order valence-corrected chi connectivity index (χ2v) is 7.37. The molecule has 0 fully saturated rings. The number of nitrogens with zero attached hydrogens (tertiary/aromatic N) is 1. The van der Waals surface area contributed by atoms with Crippen LogP contribution in [0.3, 0.4) is 0 Å². The lowest BCUT2D eigenvalue weighted by molar-refractivity contribution is 0.244. The molecule has 1 rings (SSSR count). The molecule has 0 saturated carbocycles. The number of benzene rings is 1. The van der Waals surface area contributed by atoms with E-state index in [1.807, 2.05) is 30.1 Å². The van der Waals surface area contributed by atoms with Gasteiger partial charge in [-0.3, -0.25) is 0 Å². The Morgan fingerprint density at radius 1 is 1.40 bits per heavy atom. The van der Waals surface area contributed by atoms with Crippen molar-refractivity contribution in [1.82, 2.24) is 4.90 Å².